The van der Waals surface area contributed by atoms with E-state index in [1.807, 2.05) is 0 Å². The highest BCUT2D eigenvalue weighted by molar-refractivity contribution is 5.77. The van der Waals surface area contributed by atoms with E-state index in [1.54, 1.807) is 0 Å². The summed E-state index contributed by atoms with van der Waals surface area (Å²) in [5.41, 5.74) is 2.74. The first kappa shape index (κ1) is 17.4. The Morgan fingerprint density at radius 3 is 2.50 bits per heavy atom. The van der Waals surface area contributed by atoms with Gasteiger partial charge < -0.3 is 15.1 Å². The molecule has 1 aliphatic carbocycles. The van der Waals surface area contributed by atoms with Crippen molar-refractivity contribution in [2.24, 2.45) is 0 Å². The summed E-state index contributed by atoms with van der Waals surface area (Å²) in [7, 11) is 0. The van der Waals surface area contributed by atoms with Crippen LogP contribution in [0.3, 0.4) is 0 Å². The van der Waals surface area contributed by atoms with Crippen LogP contribution in [0.4, 0.5) is 0 Å². The first-order valence-electron chi connectivity index (χ1n) is 9.40. The Morgan fingerprint density at radius 2 is 1.79 bits per heavy atom. The molecule has 0 aromatic heterocycles. The van der Waals surface area contributed by atoms with Crippen molar-refractivity contribution in [2.75, 3.05) is 39.3 Å². The summed E-state index contributed by atoms with van der Waals surface area (Å²) in [6.45, 7) is 10.9. The van der Waals surface area contributed by atoms with Crippen LogP contribution < -0.4 is 5.32 Å². The second kappa shape index (κ2) is 7.66. The minimum atomic E-state index is -0.0909. The number of amides is 1. The molecule has 0 radical (unpaired) electrons. The number of nitrogens with zero attached hydrogens (tertiary/aromatic N) is 2. The molecule has 1 unspecified atom stereocenters. The Bertz CT molecular complexity index is 566. The van der Waals surface area contributed by atoms with Crippen molar-refractivity contribution in [1.82, 2.24) is 15.1 Å². The van der Waals surface area contributed by atoms with Gasteiger partial charge in [-0.25, -0.2) is 0 Å². The molecule has 1 fully saturated rings. The molecule has 1 heterocycles. The zero-order chi connectivity index (χ0) is 17.0. The van der Waals surface area contributed by atoms with E-state index < -0.39 is 0 Å². The van der Waals surface area contributed by atoms with Gasteiger partial charge in [-0.05, 0) is 43.9 Å². The summed E-state index contributed by atoms with van der Waals surface area (Å²) < 4.78 is 0. The van der Waals surface area contributed by atoms with E-state index in [4.69, 9.17) is 0 Å². The normalized spacial score (nSPS) is 25.2. The SMILES string of the molecule is CCN1CCN(CCC(=O)NC2(C)CCc3ccccc3C2)CC1. The highest BCUT2D eigenvalue weighted by Gasteiger charge is 2.31. The lowest BCUT2D eigenvalue weighted by Gasteiger charge is -2.37. The van der Waals surface area contributed by atoms with Gasteiger partial charge in [-0.1, -0.05) is 31.2 Å². The Morgan fingerprint density at radius 1 is 1.12 bits per heavy atom. The average Bonchev–Trinajstić information content (AvgIpc) is 2.60. The third-order valence-corrected chi connectivity index (χ3v) is 5.65. The minimum Gasteiger partial charge on any atom is -0.351 e. The van der Waals surface area contributed by atoms with Gasteiger partial charge in [0.1, 0.15) is 0 Å². The van der Waals surface area contributed by atoms with E-state index in [-0.39, 0.29) is 11.4 Å². The Hall–Kier alpha value is -1.39. The van der Waals surface area contributed by atoms with Crippen molar-refractivity contribution < 1.29 is 4.79 Å². The van der Waals surface area contributed by atoms with Crippen LogP contribution in [0.15, 0.2) is 24.3 Å². The number of carbonyl (C=O) groups is 1. The summed E-state index contributed by atoms with van der Waals surface area (Å²) in [5.74, 6) is 0.204. The van der Waals surface area contributed by atoms with Crippen molar-refractivity contribution in [3.05, 3.63) is 35.4 Å². The molecule has 4 nitrogen and oxygen atoms in total. The quantitative estimate of drug-likeness (QED) is 0.898. The van der Waals surface area contributed by atoms with Gasteiger partial charge in [0.25, 0.3) is 0 Å². The van der Waals surface area contributed by atoms with Crippen LogP contribution in [0, 0.1) is 0 Å². The Balaban J connectivity index is 1.45. The first-order chi connectivity index (χ1) is 11.6. The van der Waals surface area contributed by atoms with E-state index >= 15 is 0 Å². The number of hydrogen-bond donors (Lipinski definition) is 1. The molecule has 0 saturated carbocycles. The van der Waals surface area contributed by atoms with Crippen LogP contribution in [-0.4, -0.2) is 60.5 Å². The van der Waals surface area contributed by atoms with Crippen molar-refractivity contribution in [3.8, 4) is 0 Å². The molecule has 2 aliphatic rings. The van der Waals surface area contributed by atoms with Gasteiger partial charge in [-0.2, -0.15) is 0 Å². The molecule has 132 valence electrons. The topological polar surface area (TPSA) is 35.6 Å². The summed E-state index contributed by atoms with van der Waals surface area (Å²) in [6, 6.07) is 8.62. The Kier molecular flexibility index (Phi) is 5.57. The first-order valence-corrected chi connectivity index (χ1v) is 9.40. The van der Waals surface area contributed by atoms with Crippen LogP contribution in [-0.2, 0) is 17.6 Å². The van der Waals surface area contributed by atoms with Crippen LogP contribution >= 0.6 is 0 Å². The molecule has 1 aliphatic heterocycles. The maximum absolute atomic E-state index is 12.4. The lowest BCUT2D eigenvalue weighted by atomic mass is 9.79. The number of fused-ring (bicyclic) bond motifs is 1. The van der Waals surface area contributed by atoms with E-state index in [2.05, 4.69) is 53.2 Å². The fourth-order valence-corrected chi connectivity index (χ4v) is 3.99. The maximum Gasteiger partial charge on any atom is 0.221 e. The predicted molar refractivity (Wildman–Crippen MR) is 98.2 cm³/mol. The number of aryl methyl sites for hydroxylation is 1. The fraction of sp³-hybridized carbons (Fsp3) is 0.650. The third-order valence-electron chi connectivity index (χ3n) is 5.65. The monoisotopic (exact) mass is 329 g/mol. The van der Waals surface area contributed by atoms with E-state index in [0.29, 0.717) is 6.42 Å². The lowest BCUT2D eigenvalue weighted by Crippen LogP contribution is -2.51. The third kappa shape index (κ3) is 4.37. The van der Waals surface area contributed by atoms with Gasteiger partial charge in [-0.3, -0.25) is 4.79 Å². The van der Waals surface area contributed by atoms with Crippen molar-refractivity contribution >= 4 is 5.91 Å². The molecule has 4 heteroatoms. The van der Waals surface area contributed by atoms with Gasteiger partial charge >= 0.3 is 0 Å². The second-order valence-corrected chi connectivity index (χ2v) is 7.58. The van der Waals surface area contributed by atoms with Gasteiger partial charge in [0.15, 0.2) is 0 Å². The minimum absolute atomic E-state index is 0.0909. The molecule has 1 aromatic carbocycles. The summed E-state index contributed by atoms with van der Waals surface area (Å²) in [5, 5.41) is 3.32. The molecular formula is C20H31N3O. The molecule has 1 atom stereocenters. The number of nitrogens with one attached hydrogen (secondary N) is 1. The molecule has 1 N–H and O–H groups in total. The van der Waals surface area contributed by atoms with E-state index in [9.17, 15) is 4.79 Å². The number of rotatable bonds is 5. The van der Waals surface area contributed by atoms with E-state index in [1.165, 1.54) is 11.1 Å². The number of piperazine rings is 1. The largest absolute Gasteiger partial charge is 0.351 e. The summed E-state index contributed by atoms with van der Waals surface area (Å²) >= 11 is 0. The van der Waals surface area contributed by atoms with Crippen LogP contribution in [0.25, 0.3) is 0 Å². The van der Waals surface area contributed by atoms with Crippen molar-refractivity contribution in [3.63, 3.8) is 0 Å². The zero-order valence-corrected chi connectivity index (χ0v) is 15.2. The zero-order valence-electron chi connectivity index (χ0n) is 15.2. The van der Waals surface area contributed by atoms with Gasteiger partial charge in [-0.15, -0.1) is 0 Å². The molecule has 24 heavy (non-hydrogen) atoms. The molecule has 1 amide bonds. The predicted octanol–water partition coefficient (Wildman–Crippen LogP) is 2.08. The molecule has 0 spiro atoms. The summed E-state index contributed by atoms with van der Waals surface area (Å²) in [6.07, 6.45) is 3.66. The lowest BCUT2D eigenvalue weighted by molar-refractivity contribution is -0.123. The fourth-order valence-electron chi connectivity index (χ4n) is 3.99. The highest BCUT2D eigenvalue weighted by atomic mass is 16.1. The molecule has 1 aromatic rings. The van der Waals surface area contributed by atoms with E-state index in [0.717, 1.165) is 58.5 Å². The van der Waals surface area contributed by atoms with Crippen molar-refractivity contribution in [2.45, 2.75) is 45.1 Å². The Labute approximate surface area is 146 Å². The van der Waals surface area contributed by atoms with Crippen LogP contribution in [0.5, 0.6) is 0 Å². The highest BCUT2D eigenvalue weighted by Crippen LogP contribution is 2.28. The van der Waals surface area contributed by atoms with Crippen LogP contribution in [0.2, 0.25) is 0 Å². The maximum atomic E-state index is 12.4. The summed E-state index contributed by atoms with van der Waals surface area (Å²) in [4.78, 5) is 17.3. The molecule has 0 bridgehead atoms. The standard InChI is InChI=1S/C20H31N3O/c1-3-22-12-14-23(15-13-22)11-9-19(24)21-20(2)10-8-17-6-4-5-7-18(17)16-20/h4-7H,3,8-16H2,1-2H3,(H,21,24). The number of benzene rings is 1. The van der Waals surface area contributed by atoms with Gasteiger partial charge in [0, 0.05) is 44.7 Å². The smallest absolute Gasteiger partial charge is 0.221 e. The average molecular weight is 329 g/mol. The number of carbonyl (C=O) groups excluding carboxylic acids is 1. The molecule has 1 saturated heterocycles. The van der Waals surface area contributed by atoms with Crippen molar-refractivity contribution in [1.29, 1.82) is 0 Å². The van der Waals surface area contributed by atoms with Gasteiger partial charge in [0.05, 0.1) is 0 Å². The second-order valence-electron chi connectivity index (χ2n) is 7.58. The number of hydrogen-bond acceptors (Lipinski definition) is 3. The van der Waals surface area contributed by atoms with Crippen LogP contribution in [0.1, 0.15) is 37.8 Å². The van der Waals surface area contributed by atoms with Gasteiger partial charge in [0.2, 0.25) is 5.91 Å². The molecular weight excluding hydrogens is 298 g/mol. The molecule has 3 rings (SSSR count). The number of likely N-dealkylation sites (N-methyl/N-ethyl adjacent to an activating group) is 1.